The van der Waals surface area contributed by atoms with Gasteiger partial charge >= 0.3 is 0 Å². The van der Waals surface area contributed by atoms with Crippen molar-refractivity contribution in [1.29, 1.82) is 0 Å². The molecule has 0 bridgehead atoms. The molecule has 0 saturated heterocycles. The van der Waals surface area contributed by atoms with Crippen LogP contribution in [0, 0.1) is 0 Å². The van der Waals surface area contributed by atoms with Gasteiger partial charge in [-0.15, -0.1) is 0 Å². The predicted molar refractivity (Wildman–Crippen MR) is 168 cm³/mol. The summed E-state index contributed by atoms with van der Waals surface area (Å²) in [6.07, 6.45) is 3.84. The number of benzene rings is 2. The molecule has 1 heterocycles. The molecule has 0 radical (unpaired) electrons. The second kappa shape index (κ2) is 13.6. The lowest BCUT2D eigenvalue weighted by Crippen LogP contribution is -2.58. The van der Waals surface area contributed by atoms with Gasteiger partial charge in [-0.3, -0.25) is 14.4 Å². The van der Waals surface area contributed by atoms with E-state index in [1.807, 2.05) is 30.3 Å². The second-order valence-corrected chi connectivity index (χ2v) is 13.7. The van der Waals surface area contributed by atoms with Gasteiger partial charge in [-0.1, -0.05) is 61.7 Å². The Morgan fingerprint density at radius 1 is 1.05 bits per heavy atom. The van der Waals surface area contributed by atoms with Crippen molar-refractivity contribution < 1.29 is 27.5 Å². The van der Waals surface area contributed by atoms with E-state index >= 15 is 0 Å². The lowest BCUT2D eigenvalue weighted by Gasteiger charge is -2.38. The third-order valence-electron chi connectivity index (χ3n) is 8.22. The number of amides is 3. The Balaban J connectivity index is 1.69. The Bertz CT molecular complexity index is 1490. The number of carbonyl (C=O) groups is 3. The molecular formula is C32H43N5O6S. The van der Waals surface area contributed by atoms with E-state index in [1.165, 1.54) is 12.1 Å². The molecule has 1 saturated carbocycles. The summed E-state index contributed by atoms with van der Waals surface area (Å²) in [5.74, 6) is -1.55. The molecule has 0 aromatic heterocycles. The number of nitrogens with zero attached hydrogens (tertiary/aromatic N) is 1. The van der Waals surface area contributed by atoms with E-state index in [0.29, 0.717) is 24.0 Å². The number of hydrogen-bond donors (Lipinski definition) is 4. The van der Waals surface area contributed by atoms with Crippen molar-refractivity contribution in [2.45, 2.75) is 76.6 Å². The number of primary amides is 1. The number of hydrogen-bond acceptors (Lipinski definition) is 7. The van der Waals surface area contributed by atoms with Crippen molar-refractivity contribution in [2.24, 2.45) is 11.5 Å². The second-order valence-electron chi connectivity index (χ2n) is 12.1. The third-order valence-corrected chi connectivity index (χ3v) is 9.90. The highest BCUT2D eigenvalue weighted by molar-refractivity contribution is 7.99. The minimum absolute atomic E-state index is 0.0194. The molecule has 1 aliphatic carbocycles. The van der Waals surface area contributed by atoms with E-state index in [9.17, 15) is 22.8 Å². The first kappa shape index (κ1) is 33.3. The molecule has 0 unspecified atom stereocenters. The van der Waals surface area contributed by atoms with Crippen LogP contribution in [0.15, 0.2) is 60.2 Å². The minimum Gasteiger partial charge on any atom is -0.374 e. The molecule has 2 aromatic rings. The molecule has 12 heteroatoms. The van der Waals surface area contributed by atoms with Crippen molar-refractivity contribution in [3.8, 4) is 0 Å². The quantitative estimate of drug-likeness (QED) is 0.280. The normalized spacial score (nSPS) is 18.2. The topological polar surface area (TPSA) is 174 Å². The number of nitrogens with one attached hydrogen (secondary N) is 2. The number of rotatable bonds is 12. The van der Waals surface area contributed by atoms with Crippen LogP contribution in [0.3, 0.4) is 0 Å². The molecule has 2 aliphatic rings. The summed E-state index contributed by atoms with van der Waals surface area (Å²) in [6, 6.07) is 14.5. The van der Waals surface area contributed by atoms with Crippen molar-refractivity contribution in [1.82, 2.24) is 14.9 Å². The zero-order chi connectivity index (χ0) is 32.1. The smallest absolute Gasteiger partial charge is 0.248 e. The van der Waals surface area contributed by atoms with Gasteiger partial charge in [-0.2, -0.15) is 0 Å². The lowest BCUT2D eigenvalue weighted by molar-refractivity contribution is -0.139. The van der Waals surface area contributed by atoms with Crippen molar-refractivity contribution >= 4 is 32.6 Å². The summed E-state index contributed by atoms with van der Waals surface area (Å²) in [5.41, 5.74) is 11.5. The van der Waals surface area contributed by atoms with Crippen LogP contribution >= 0.6 is 0 Å². The van der Waals surface area contributed by atoms with Crippen molar-refractivity contribution in [2.75, 3.05) is 19.7 Å². The first-order valence-electron chi connectivity index (χ1n) is 15.0. The summed E-state index contributed by atoms with van der Waals surface area (Å²) < 4.78 is 36.3. The Labute approximate surface area is 259 Å². The summed E-state index contributed by atoms with van der Waals surface area (Å²) in [4.78, 5) is 40.3. The SMILES string of the molecule is CCN(CC1=C(c2ccc(C(N)=O)cc2)S(=O)(=O)NC12CCCCC2)C(=O)[C@@H](COCc1ccccc1)NC(=O)C(C)(C)N. The first-order chi connectivity index (χ1) is 20.8. The number of nitrogens with two attached hydrogens (primary N) is 2. The molecule has 1 atom stereocenters. The predicted octanol–water partition coefficient (Wildman–Crippen LogP) is 2.42. The van der Waals surface area contributed by atoms with Crippen LogP contribution in [0.2, 0.25) is 0 Å². The summed E-state index contributed by atoms with van der Waals surface area (Å²) in [7, 11) is -3.95. The van der Waals surface area contributed by atoms with Gasteiger partial charge in [-0.05, 0) is 62.4 Å². The maximum atomic E-state index is 14.1. The molecule has 1 aliphatic heterocycles. The first-order valence-corrected chi connectivity index (χ1v) is 16.4. The molecule has 238 valence electrons. The van der Waals surface area contributed by atoms with Crippen LogP contribution in [-0.4, -0.2) is 67.9 Å². The van der Waals surface area contributed by atoms with Crippen LogP contribution in [0.4, 0.5) is 0 Å². The zero-order valence-corrected chi connectivity index (χ0v) is 26.4. The van der Waals surface area contributed by atoms with E-state index in [1.54, 1.807) is 37.8 Å². The average molecular weight is 626 g/mol. The average Bonchev–Trinajstić information content (AvgIpc) is 3.19. The van der Waals surface area contributed by atoms with Gasteiger partial charge in [0.2, 0.25) is 27.7 Å². The minimum atomic E-state index is -3.95. The van der Waals surface area contributed by atoms with Gasteiger partial charge in [0.15, 0.2) is 0 Å². The Kier molecular flexibility index (Phi) is 10.3. The van der Waals surface area contributed by atoms with Gasteiger partial charge in [0, 0.05) is 18.7 Å². The van der Waals surface area contributed by atoms with E-state index in [2.05, 4.69) is 10.0 Å². The molecule has 44 heavy (non-hydrogen) atoms. The summed E-state index contributed by atoms with van der Waals surface area (Å²) in [6.45, 7) is 5.31. The highest BCUT2D eigenvalue weighted by Gasteiger charge is 2.50. The molecule has 2 aromatic carbocycles. The molecule has 1 fully saturated rings. The lowest BCUT2D eigenvalue weighted by atomic mass is 9.76. The van der Waals surface area contributed by atoms with Crippen LogP contribution in [0.25, 0.3) is 4.91 Å². The van der Waals surface area contributed by atoms with Gasteiger partial charge in [-0.25, -0.2) is 13.1 Å². The summed E-state index contributed by atoms with van der Waals surface area (Å²) >= 11 is 0. The Morgan fingerprint density at radius 2 is 1.68 bits per heavy atom. The van der Waals surface area contributed by atoms with Crippen LogP contribution < -0.4 is 21.5 Å². The van der Waals surface area contributed by atoms with Crippen molar-refractivity contribution in [3.63, 3.8) is 0 Å². The van der Waals surface area contributed by atoms with Crippen LogP contribution in [0.1, 0.15) is 74.4 Å². The van der Waals surface area contributed by atoms with Gasteiger partial charge in [0.25, 0.3) is 0 Å². The highest BCUT2D eigenvalue weighted by atomic mass is 32.2. The monoisotopic (exact) mass is 625 g/mol. The molecule has 3 amide bonds. The number of sulfonamides is 1. The summed E-state index contributed by atoms with van der Waals surface area (Å²) in [5, 5.41) is 2.76. The number of carbonyl (C=O) groups excluding carboxylic acids is 3. The van der Waals surface area contributed by atoms with Crippen molar-refractivity contribution in [3.05, 3.63) is 76.9 Å². The van der Waals surface area contributed by atoms with E-state index in [4.69, 9.17) is 16.2 Å². The highest BCUT2D eigenvalue weighted by Crippen LogP contribution is 2.45. The maximum absolute atomic E-state index is 14.1. The largest absolute Gasteiger partial charge is 0.374 e. The van der Waals surface area contributed by atoms with E-state index in [-0.39, 0.29) is 36.8 Å². The number of ether oxygens (including phenoxy) is 1. The molecule has 4 rings (SSSR count). The fourth-order valence-electron chi connectivity index (χ4n) is 5.79. The van der Waals surface area contributed by atoms with Gasteiger partial charge in [0.05, 0.1) is 29.2 Å². The Hall–Kier alpha value is -3.58. The van der Waals surface area contributed by atoms with E-state index < -0.39 is 44.9 Å². The molecule has 6 N–H and O–H groups in total. The van der Waals surface area contributed by atoms with E-state index in [0.717, 1.165) is 24.8 Å². The van der Waals surface area contributed by atoms with Crippen LogP contribution in [-0.2, 0) is 31.0 Å². The number of likely N-dealkylation sites (N-methyl/N-ethyl adjacent to an activating group) is 1. The molecule has 1 spiro atoms. The maximum Gasteiger partial charge on any atom is 0.248 e. The fraction of sp³-hybridized carbons (Fsp3) is 0.469. The molecular weight excluding hydrogens is 582 g/mol. The molecule has 11 nitrogen and oxygen atoms in total. The van der Waals surface area contributed by atoms with Gasteiger partial charge in [0.1, 0.15) is 6.04 Å². The standard InChI is InChI=1S/C32H43N5O6S/c1-4-37(29(39)26(35-30(40)31(2,3)34)21-43-20-22-11-7-5-8-12-22)19-25-27(23-13-15-24(16-14-23)28(33)38)44(41,42)36-32(25)17-9-6-10-18-32/h5,7-8,11-16,26,36H,4,6,9-10,17-21,34H2,1-3H3,(H2,33,38)(H,35,40)/t26-/m1/s1. The fourth-order valence-corrected chi connectivity index (χ4v) is 7.77. The van der Waals surface area contributed by atoms with Crippen LogP contribution in [0.5, 0.6) is 0 Å². The Morgan fingerprint density at radius 3 is 2.25 bits per heavy atom. The van der Waals surface area contributed by atoms with Gasteiger partial charge < -0.3 is 26.4 Å². The zero-order valence-electron chi connectivity index (χ0n) is 25.6. The third kappa shape index (κ3) is 7.55.